The number of fused-ring (bicyclic) bond motifs is 1. The number of anilines is 1. The summed E-state index contributed by atoms with van der Waals surface area (Å²) in [6.45, 7) is 4.99. The Morgan fingerprint density at radius 1 is 1.22 bits per heavy atom. The Balaban J connectivity index is 1.89. The van der Waals surface area contributed by atoms with Gasteiger partial charge in [-0.3, -0.25) is 9.25 Å². The molecule has 0 aliphatic heterocycles. The molecule has 2 aromatic heterocycles. The molecule has 23 heavy (non-hydrogen) atoms. The van der Waals surface area contributed by atoms with Gasteiger partial charge in [-0.15, -0.1) is 0 Å². The Kier molecular flexibility index (Phi) is 3.98. The molecule has 0 unspecified atom stereocenters. The Hall–Kier alpha value is -2.50. The third-order valence-electron chi connectivity index (χ3n) is 4.29. The van der Waals surface area contributed by atoms with Crippen molar-refractivity contribution in [2.24, 2.45) is 14.1 Å². The molecule has 0 radical (unpaired) electrons. The highest BCUT2D eigenvalue weighted by atomic mass is 16.4. The lowest BCUT2D eigenvalue weighted by molar-refractivity contribution is 0.528. The lowest BCUT2D eigenvalue weighted by Gasteiger charge is -2.09. The van der Waals surface area contributed by atoms with Crippen molar-refractivity contribution in [3.05, 3.63) is 45.7 Å². The molecule has 0 bridgehead atoms. The molecule has 0 aliphatic carbocycles. The molecule has 6 heteroatoms. The number of rotatable bonds is 5. The van der Waals surface area contributed by atoms with Gasteiger partial charge in [-0.25, -0.2) is 4.79 Å². The summed E-state index contributed by atoms with van der Waals surface area (Å²) in [5.41, 5.74) is 6.01. The van der Waals surface area contributed by atoms with Crippen LogP contribution in [0, 0.1) is 0 Å². The van der Waals surface area contributed by atoms with E-state index in [4.69, 9.17) is 4.42 Å². The van der Waals surface area contributed by atoms with Crippen molar-refractivity contribution in [2.75, 3.05) is 5.32 Å². The Morgan fingerprint density at radius 3 is 2.70 bits per heavy atom. The van der Waals surface area contributed by atoms with E-state index in [1.807, 2.05) is 29.9 Å². The van der Waals surface area contributed by atoms with Crippen molar-refractivity contribution < 1.29 is 4.42 Å². The second kappa shape index (κ2) is 5.95. The number of nitrogens with one attached hydrogen (secondary N) is 1. The van der Waals surface area contributed by atoms with E-state index in [0.29, 0.717) is 5.58 Å². The van der Waals surface area contributed by atoms with Gasteiger partial charge in [0, 0.05) is 37.6 Å². The van der Waals surface area contributed by atoms with Gasteiger partial charge in [-0.05, 0) is 31.0 Å². The maximum absolute atomic E-state index is 11.6. The van der Waals surface area contributed by atoms with Crippen molar-refractivity contribution in [1.82, 2.24) is 14.3 Å². The van der Waals surface area contributed by atoms with Gasteiger partial charge < -0.3 is 9.73 Å². The first kappa shape index (κ1) is 15.4. The summed E-state index contributed by atoms with van der Waals surface area (Å²) in [6.07, 6.45) is 1.87. The van der Waals surface area contributed by atoms with E-state index in [2.05, 4.69) is 24.3 Å². The summed E-state index contributed by atoms with van der Waals surface area (Å²) >= 11 is 0. The molecule has 0 amide bonds. The predicted molar refractivity (Wildman–Crippen MR) is 90.7 cm³/mol. The number of hydrogen-bond acceptors (Lipinski definition) is 4. The van der Waals surface area contributed by atoms with Crippen LogP contribution in [-0.2, 0) is 33.5 Å². The van der Waals surface area contributed by atoms with Gasteiger partial charge >= 0.3 is 5.76 Å². The quantitative estimate of drug-likeness (QED) is 0.786. The maximum atomic E-state index is 11.6. The number of nitrogens with zero attached hydrogens (tertiary/aromatic N) is 3. The van der Waals surface area contributed by atoms with Crippen molar-refractivity contribution >= 4 is 16.8 Å². The number of aromatic nitrogens is 3. The fourth-order valence-corrected chi connectivity index (χ4v) is 3.02. The smallest absolute Gasteiger partial charge is 0.408 e. The number of benzene rings is 1. The molecule has 0 saturated heterocycles. The van der Waals surface area contributed by atoms with Gasteiger partial charge in [0.1, 0.15) is 0 Å². The van der Waals surface area contributed by atoms with E-state index in [1.165, 1.54) is 15.8 Å². The topological polar surface area (TPSA) is 65.0 Å². The number of hydrogen-bond donors (Lipinski definition) is 1. The lowest BCUT2D eigenvalue weighted by Crippen LogP contribution is -2.08. The van der Waals surface area contributed by atoms with Crippen LogP contribution in [-0.4, -0.2) is 14.3 Å². The fraction of sp³-hybridized carbons (Fsp3) is 0.412. The highest BCUT2D eigenvalue weighted by Crippen LogP contribution is 2.21. The first-order valence-electron chi connectivity index (χ1n) is 7.92. The van der Waals surface area contributed by atoms with E-state index < -0.39 is 0 Å². The summed E-state index contributed by atoms with van der Waals surface area (Å²) in [7, 11) is 3.71. The Labute approximate surface area is 134 Å². The molecule has 1 N–H and O–H groups in total. The van der Waals surface area contributed by atoms with E-state index in [-0.39, 0.29) is 5.76 Å². The van der Waals surface area contributed by atoms with E-state index in [1.54, 1.807) is 7.05 Å². The fourth-order valence-electron chi connectivity index (χ4n) is 3.02. The molecule has 0 saturated carbocycles. The van der Waals surface area contributed by atoms with Gasteiger partial charge in [0.25, 0.3) is 0 Å². The molecular weight excluding hydrogens is 292 g/mol. The molecule has 0 fully saturated rings. The predicted octanol–water partition coefficient (Wildman–Crippen LogP) is 2.60. The van der Waals surface area contributed by atoms with Crippen LogP contribution >= 0.6 is 0 Å². The molecule has 0 aliphatic rings. The average Bonchev–Trinajstić information content (AvgIpc) is 3.01. The third-order valence-corrected chi connectivity index (χ3v) is 4.29. The minimum atomic E-state index is -0.342. The molecule has 1 aromatic carbocycles. The summed E-state index contributed by atoms with van der Waals surface area (Å²) in [5, 5.41) is 8.04. The zero-order chi connectivity index (χ0) is 16.6. The Morgan fingerprint density at radius 2 is 2.00 bits per heavy atom. The van der Waals surface area contributed by atoms with Gasteiger partial charge in [-0.1, -0.05) is 13.8 Å². The third kappa shape index (κ3) is 2.65. The van der Waals surface area contributed by atoms with Gasteiger partial charge in [0.2, 0.25) is 0 Å². The number of aryl methyl sites for hydroxylation is 3. The van der Waals surface area contributed by atoms with Crippen molar-refractivity contribution in [3.8, 4) is 0 Å². The van der Waals surface area contributed by atoms with E-state index in [9.17, 15) is 4.79 Å². The van der Waals surface area contributed by atoms with Gasteiger partial charge in [0.05, 0.1) is 11.2 Å². The van der Waals surface area contributed by atoms with Crippen molar-refractivity contribution in [3.63, 3.8) is 0 Å². The standard InChI is InChI=1S/C17H22N4O2/c1-5-13-12(14(6-2)21(4)19-13)10-18-11-7-8-16-15(9-11)20(3)17(22)23-16/h7-9,18H,5-6,10H2,1-4H3. The molecule has 2 heterocycles. The largest absolute Gasteiger partial charge is 0.419 e. The minimum absolute atomic E-state index is 0.342. The molecule has 3 rings (SSSR count). The summed E-state index contributed by atoms with van der Waals surface area (Å²) in [4.78, 5) is 11.6. The average molecular weight is 314 g/mol. The molecule has 6 nitrogen and oxygen atoms in total. The minimum Gasteiger partial charge on any atom is -0.408 e. The van der Waals surface area contributed by atoms with Gasteiger partial charge in [-0.2, -0.15) is 5.10 Å². The highest BCUT2D eigenvalue weighted by Gasteiger charge is 2.13. The van der Waals surface area contributed by atoms with Crippen LogP contribution in [0.25, 0.3) is 11.1 Å². The van der Waals surface area contributed by atoms with Crippen LogP contribution in [0.2, 0.25) is 0 Å². The zero-order valence-corrected chi connectivity index (χ0v) is 14.0. The van der Waals surface area contributed by atoms with Gasteiger partial charge in [0.15, 0.2) is 5.58 Å². The highest BCUT2D eigenvalue weighted by molar-refractivity contribution is 5.77. The molecule has 3 aromatic rings. The Bertz CT molecular complexity index is 901. The van der Waals surface area contributed by atoms with Crippen molar-refractivity contribution in [2.45, 2.75) is 33.2 Å². The van der Waals surface area contributed by atoms with E-state index >= 15 is 0 Å². The van der Waals surface area contributed by atoms with E-state index in [0.717, 1.165) is 36.3 Å². The monoisotopic (exact) mass is 314 g/mol. The zero-order valence-electron chi connectivity index (χ0n) is 14.0. The summed E-state index contributed by atoms with van der Waals surface area (Å²) < 4.78 is 8.64. The second-order valence-corrected chi connectivity index (χ2v) is 5.67. The molecular formula is C17H22N4O2. The maximum Gasteiger partial charge on any atom is 0.419 e. The number of oxazole rings is 1. The summed E-state index contributed by atoms with van der Waals surface area (Å²) in [5.74, 6) is -0.342. The SMILES string of the molecule is CCc1nn(C)c(CC)c1CNc1ccc2oc(=O)n(C)c2c1. The molecule has 122 valence electrons. The van der Waals surface area contributed by atoms with Crippen LogP contribution in [0.1, 0.15) is 30.8 Å². The first-order valence-corrected chi connectivity index (χ1v) is 7.92. The normalized spacial score (nSPS) is 11.3. The van der Waals surface area contributed by atoms with Crippen LogP contribution in [0.3, 0.4) is 0 Å². The van der Waals surface area contributed by atoms with Crippen LogP contribution < -0.4 is 11.1 Å². The second-order valence-electron chi connectivity index (χ2n) is 5.67. The van der Waals surface area contributed by atoms with Crippen molar-refractivity contribution in [1.29, 1.82) is 0 Å². The van der Waals surface area contributed by atoms with Crippen LogP contribution in [0.5, 0.6) is 0 Å². The molecule has 0 atom stereocenters. The van der Waals surface area contributed by atoms with Crippen LogP contribution in [0.15, 0.2) is 27.4 Å². The summed E-state index contributed by atoms with van der Waals surface area (Å²) in [6, 6.07) is 5.69. The van der Waals surface area contributed by atoms with Crippen LogP contribution in [0.4, 0.5) is 5.69 Å². The molecule has 0 spiro atoms. The first-order chi connectivity index (χ1) is 11.0. The lowest BCUT2D eigenvalue weighted by atomic mass is 10.1.